The number of likely N-dealkylation sites (tertiary alicyclic amines) is 1. The number of hydrogen-bond acceptors (Lipinski definition) is 6. The fraction of sp³-hybridized carbons (Fsp3) is 0.389. The van der Waals surface area contributed by atoms with E-state index in [1.165, 1.54) is 11.3 Å². The number of carbonyl (C=O) groups excluding carboxylic acids is 1. The molecule has 0 aromatic carbocycles. The molecular formula is C18H20N6OS. The Balaban J connectivity index is 1.71. The van der Waals surface area contributed by atoms with Crippen molar-refractivity contribution in [2.75, 3.05) is 6.54 Å². The smallest absolute Gasteiger partial charge is 0.266 e. The second-order valence-electron chi connectivity index (χ2n) is 6.47. The lowest BCUT2D eigenvalue weighted by molar-refractivity contribution is 0.0604. The number of carbonyl (C=O) groups is 1. The third-order valence-corrected chi connectivity index (χ3v) is 5.53. The number of hydrogen-bond donors (Lipinski definition) is 1. The first-order valence-corrected chi connectivity index (χ1v) is 9.58. The minimum atomic E-state index is -0.119. The van der Waals surface area contributed by atoms with Crippen molar-refractivity contribution in [2.24, 2.45) is 0 Å². The van der Waals surface area contributed by atoms with Crippen molar-refractivity contribution in [1.82, 2.24) is 29.8 Å². The molecule has 4 heterocycles. The average Bonchev–Trinajstić information content (AvgIpc) is 3.32. The zero-order chi connectivity index (χ0) is 18.1. The third-order valence-electron chi connectivity index (χ3n) is 4.61. The third kappa shape index (κ3) is 3.12. The van der Waals surface area contributed by atoms with Crippen LogP contribution in [0.3, 0.4) is 0 Å². The maximum Gasteiger partial charge on any atom is 0.266 e. The first-order valence-electron chi connectivity index (χ1n) is 8.70. The molecular weight excluding hydrogens is 348 g/mol. The van der Waals surface area contributed by atoms with Crippen LogP contribution in [0.5, 0.6) is 0 Å². The Morgan fingerprint density at radius 1 is 1.27 bits per heavy atom. The molecule has 0 bridgehead atoms. The highest BCUT2D eigenvalue weighted by Crippen LogP contribution is 2.32. The number of H-pyrrole nitrogens is 1. The Labute approximate surface area is 155 Å². The molecule has 0 unspecified atom stereocenters. The van der Waals surface area contributed by atoms with Gasteiger partial charge in [-0.2, -0.15) is 0 Å². The summed E-state index contributed by atoms with van der Waals surface area (Å²) < 4.78 is 0. The van der Waals surface area contributed by atoms with Gasteiger partial charge in [0.2, 0.25) is 0 Å². The van der Waals surface area contributed by atoms with Crippen molar-refractivity contribution >= 4 is 17.2 Å². The highest BCUT2D eigenvalue weighted by Gasteiger charge is 2.32. The lowest BCUT2D eigenvalue weighted by Crippen LogP contribution is -2.39. The lowest BCUT2D eigenvalue weighted by Gasteiger charge is -2.34. The number of rotatable bonds is 3. The van der Waals surface area contributed by atoms with Gasteiger partial charge in [0.1, 0.15) is 10.6 Å². The van der Waals surface area contributed by atoms with E-state index in [9.17, 15) is 4.79 Å². The van der Waals surface area contributed by atoms with Crippen LogP contribution in [0.4, 0.5) is 0 Å². The number of thiazole rings is 1. The van der Waals surface area contributed by atoms with Gasteiger partial charge in [0.25, 0.3) is 5.91 Å². The predicted octanol–water partition coefficient (Wildman–Crippen LogP) is 3.31. The number of aromatic nitrogens is 5. The van der Waals surface area contributed by atoms with E-state index in [2.05, 4.69) is 19.9 Å². The molecule has 0 saturated carbocycles. The van der Waals surface area contributed by atoms with Crippen molar-refractivity contribution in [2.45, 2.75) is 39.2 Å². The van der Waals surface area contributed by atoms with E-state index in [4.69, 9.17) is 4.98 Å². The van der Waals surface area contributed by atoms with Gasteiger partial charge < -0.3 is 9.88 Å². The van der Waals surface area contributed by atoms with Crippen LogP contribution < -0.4 is 0 Å². The Kier molecular flexibility index (Phi) is 4.50. The zero-order valence-electron chi connectivity index (χ0n) is 14.8. The molecule has 4 rings (SSSR count). The number of piperidine rings is 1. The van der Waals surface area contributed by atoms with Crippen LogP contribution in [-0.4, -0.2) is 42.3 Å². The molecule has 1 aliphatic rings. The molecule has 1 amide bonds. The number of aryl methyl sites for hydroxylation is 2. The van der Waals surface area contributed by atoms with Crippen LogP contribution in [0.15, 0.2) is 24.0 Å². The fourth-order valence-corrected chi connectivity index (χ4v) is 4.11. The minimum Gasteiger partial charge on any atom is -0.343 e. The van der Waals surface area contributed by atoms with Gasteiger partial charge in [0.05, 0.1) is 17.2 Å². The Morgan fingerprint density at radius 2 is 2.15 bits per heavy atom. The molecule has 3 aromatic heterocycles. The lowest BCUT2D eigenvalue weighted by atomic mass is 10.0. The van der Waals surface area contributed by atoms with Gasteiger partial charge >= 0.3 is 0 Å². The molecule has 0 spiro atoms. The van der Waals surface area contributed by atoms with Gasteiger partial charge in [-0.15, -0.1) is 11.3 Å². The Hall–Kier alpha value is -2.61. The predicted molar refractivity (Wildman–Crippen MR) is 98.8 cm³/mol. The van der Waals surface area contributed by atoms with Gasteiger partial charge in [-0.3, -0.25) is 4.79 Å². The van der Waals surface area contributed by atoms with Gasteiger partial charge in [0.15, 0.2) is 11.6 Å². The molecule has 0 radical (unpaired) electrons. The van der Waals surface area contributed by atoms with Crippen LogP contribution in [-0.2, 0) is 0 Å². The van der Waals surface area contributed by atoms with Crippen LogP contribution in [0.1, 0.15) is 52.2 Å². The molecule has 7 nitrogen and oxygen atoms in total. The van der Waals surface area contributed by atoms with E-state index in [1.54, 1.807) is 17.9 Å². The number of aromatic amines is 1. The molecule has 1 saturated heterocycles. The quantitative estimate of drug-likeness (QED) is 0.766. The summed E-state index contributed by atoms with van der Waals surface area (Å²) >= 11 is 1.39. The highest BCUT2D eigenvalue weighted by atomic mass is 32.1. The summed E-state index contributed by atoms with van der Waals surface area (Å²) in [6.07, 6.45) is 6.40. The number of nitrogens with zero attached hydrogens (tertiary/aromatic N) is 5. The van der Waals surface area contributed by atoms with Gasteiger partial charge in [-0.05, 0) is 39.2 Å². The standard InChI is InChI=1S/C18H20N6OS/c1-11-9-13(16-19-6-7-20-16)23-17(22-11)14-5-3-4-8-24(14)18(25)15-12(2)21-10-26-15/h6-7,9-10,14H,3-5,8H2,1-2H3,(H,19,20)/t14-/m1/s1. The van der Waals surface area contributed by atoms with Crippen molar-refractivity contribution in [3.05, 3.63) is 46.1 Å². The van der Waals surface area contributed by atoms with Crippen molar-refractivity contribution in [3.8, 4) is 11.5 Å². The molecule has 1 aliphatic heterocycles. The summed E-state index contributed by atoms with van der Waals surface area (Å²) in [6.45, 7) is 4.54. The number of nitrogens with one attached hydrogen (secondary N) is 1. The number of imidazole rings is 1. The molecule has 134 valence electrons. The summed E-state index contributed by atoms with van der Waals surface area (Å²) in [5.41, 5.74) is 4.13. The van der Waals surface area contributed by atoms with Gasteiger partial charge in [0, 0.05) is 24.6 Å². The Morgan fingerprint density at radius 3 is 2.88 bits per heavy atom. The zero-order valence-corrected chi connectivity index (χ0v) is 15.6. The molecule has 8 heteroatoms. The fourth-order valence-electron chi connectivity index (χ4n) is 3.35. The highest BCUT2D eigenvalue weighted by molar-refractivity contribution is 7.11. The molecule has 0 aliphatic carbocycles. The number of amides is 1. The van der Waals surface area contributed by atoms with Crippen molar-refractivity contribution < 1.29 is 4.79 Å². The summed E-state index contributed by atoms with van der Waals surface area (Å²) in [5.74, 6) is 1.43. The maximum absolute atomic E-state index is 13.1. The van der Waals surface area contributed by atoms with Gasteiger partial charge in [-0.1, -0.05) is 0 Å². The van der Waals surface area contributed by atoms with Gasteiger partial charge in [-0.25, -0.2) is 19.9 Å². The van der Waals surface area contributed by atoms with E-state index in [0.717, 1.165) is 36.3 Å². The summed E-state index contributed by atoms with van der Waals surface area (Å²) in [5, 5.41) is 0. The normalized spacial score (nSPS) is 17.5. The topological polar surface area (TPSA) is 87.7 Å². The molecule has 26 heavy (non-hydrogen) atoms. The van der Waals surface area contributed by atoms with Crippen molar-refractivity contribution in [1.29, 1.82) is 0 Å². The summed E-state index contributed by atoms with van der Waals surface area (Å²) in [4.78, 5) is 36.7. The SMILES string of the molecule is Cc1cc(-c2ncc[nH]2)nc([C@H]2CCCCN2C(=O)c2scnc2C)n1. The van der Waals surface area contributed by atoms with E-state index < -0.39 is 0 Å². The summed E-state index contributed by atoms with van der Waals surface area (Å²) in [6, 6.07) is 1.79. The van der Waals surface area contributed by atoms with Crippen LogP contribution in [0.25, 0.3) is 11.5 Å². The average molecular weight is 368 g/mol. The molecule has 1 N–H and O–H groups in total. The van der Waals surface area contributed by atoms with E-state index in [1.807, 2.05) is 24.8 Å². The largest absolute Gasteiger partial charge is 0.343 e. The van der Waals surface area contributed by atoms with Crippen LogP contribution >= 0.6 is 11.3 Å². The molecule has 3 aromatic rings. The van der Waals surface area contributed by atoms with E-state index in [-0.39, 0.29) is 11.9 Å². The van der Waals surface area contributed by atoms with Crippen LogP contribution in [0.2, 0.25) is 0 Å². The molecule has 1 atom stereocenters. The minimum absolute atomic E-state index is 0.0272. The monoisotopic (exact) mass is 368 g/mol. The van der Waals surface area contributed by atoms with Crippen molar-refractivity contribution in [3.63, 3.8) is 0 Å². The maximum atomic E-state index is 13.1. The summed E-state index contributed by atoms with van der Waals surface area (Å²) in [7, 11) is 0. The van der Waals surface area contributed by atoms with Crippen LogP contribution in [0, 0.1) is 13.8 Å². The van der Waals surface area contributed by atoms with E-state index >= 15 is 0 Å². The van der Waals surface area contributed by atoms with E-state index in [0.29, 0.717) is 23.1 Å². The molecule has 1 fully saturated rings. The first-order chi connectivity index (χ1) is 12.6. The second-order valence-corrected chi connectivity index (χ2v) is 7.32. The second kappa shape index (κ2) is 6.95. The Bertz CT molecular complexity index is 920. The first kappa shape index (κ1) is 16.8.